The van der Waals surface area contributed by atoms with Gasteiger partial charge in [-0.05, 0) is 63.0 Å². The van der Waals surface area contributed by atoms with E-state index in [2.05, 4.69) is 64.7 Å². The number of piperidine rings is 1. The topological polar surface area (TPSA) is 81.9 Å². The van der Waals surface area contributed by atoms with Gasteiger partial charge in [-0.25, -0.2) is 0 Å². The number of hydrogen-bond donors (Lipinski definition) is 1. The molecule has 2 fully saturated rings. The predicted octanol–water partition coefficient (Wildman–Crippen LogP) is 4.52. The Morgan fingerprint density at radius 2 is 1.97 bits per heavy atom. The van der Waals surface area contributed by atoms with E-state index in [1.54, 1.807) is 14.2 Å². The molecule has 196 valence electrons. The highest BCUT2D eigenvalue weighted by molar-refractivity contribution is 5.66. The van der Waals surface area contributed by atoms with Gasteiger partial charge in [0.15, 0.2) is 11.5 Å². The largest absolute Gasteiger partial charge is 0.493 e. The predicted molar refractivity (Wildman–Crippen MR) is 141 cm³/mol. The maximum Gasteiger partial charge on any atom is 0.320 e. The van der Waals surface area contributed by atoms with E-state index in [9.17, 15) is 0 Å². The van der Waals surface area contributed by atoms with Gasteiger partial charge in [0, 0.05) is 29.8 Å². The Morgan fingerprint density at radius 3 is 2.79 bits per heavy atom. The Bertz CT molecular complexity index is 1500. The molecule has 6 atom stereocenters. The molecular formula is C30H32N4O4. The summed E-state index contributed by atoms with van der Waals surface area (Å²) in [6.45, 7) is 3.07. The highest BCUT2D eigenvalue weighted by atomic mass is 16.6. The van der Waals surface area contributed by atoms with Crippen molar-refractivity contribution in [2.75, 3.05) is 33.1 Å². The number of nitrogens with zero attached hydrogens (tertiary/aromatic N) is 3. The molecule has 1 N–H and O–H groups in total. The average molecular weight is 513 g/mol. The molecule has 0 unspecified atom stereocenters. The van der Waals surface area contributed by atoms with Gasteiger partial charge < -0.3 is 28.8 Å². The van der Waals surface area contributed by atoms with E-state index in [1.165, 1.54) is 11.1 Å². The fraction of sp³-hybridized carbons (Fsp3) is 0.467. The summed E-state index contributed by atoms with van der Waals surface area (Å²) in [4.78, 5) is 2.54. The number of likely N-dealkylation sites (N-methyl/N-ethyl adjacent to an activating group) is 1. The van der Waals surface area contributed by atoms with Gasteiger partial charge in [-0.1, -0.05) is 41.5 Å². The number of anilines is 2. The van der Waals surface area contributed by atoms with Crippen LogP contribution >= 0.6 is 0 Å². The number of fused-ring (bicyclic) bond motifs is 1. The van der Waals surface area contributed by atoms with Crippen LogP contribution in [0.15, 0.2) is 53.0 Å². The zero-order valence-electron chi connectivity index (χ0n) is 22.2. The lowest BCUT2D eigenvalue weighted by molar-refractivity contribution is -0.200. The van der Waals surface area contributed by atoms with Crippen molar-refractivity contribution < 1.29 is 18.6 Å². The first-order chi connectivity index (χ1) is 18.5. The van der Waals surface area contributed by atoms with E-state index in [1.807, 2.05) is 18.2 Å². The smallest absolute Gasteiger partial charge is 0.320 e. The first-order valence-corrected chi connectivity index (χ1v) is 13.5. The summed E-state index contributed by atoms with van der Waals surface area (Å²) >= 11 is 0. The van der Waals surface area contributed by atoms with Crippen LogP contribution in [0.25, 0.3) is 0 Å². The van der Waals surface area contributed by atoms with Gasteiger partial charge in [0.25, 0.3) is 0 Å². The van der Waals surface area contributed by atoms with E-state index < -0.39 is 5.60 Å². The second-order valence-electron chi connectivity index (χ2n) is 11.6. The number of hydrogen-bond acceptors (Lipinski definition) is 8. The quantitative estimate of drug-likeness (QED) is 0.500. The zero-order valence-corrected chi connectivity index (χ0v) is 22.2. The Balaban J connectivity index is 1.28. The van der Waals surface area contributed by atoms with E-state index in [0.717, 1.165) is 48.6 Å². The number of nitrogens with one attached hydrogen (secondary N) is 1. The summed E-state index contributed by atoms with van der Waals surface area (Å²) in [5.74, 6) is 2.12. The number of para-hydroxylation sites is 1. The Labute approximate surface area is 222 Å². The summed E-state index contributed by atoms with van der Waals surface area (Å²) in [5, 5.41) is 12.3. The third-order valence-corrected chi connectivity index (χ3v) is 10.4. The molecule has 3 heterocycles. The van der Waals surface area contributed by atoms with Crippen LogP contribution in [-0.2, 0) is 16.6 Å². The molecule has 1 aromatic heterocycles. The molecule has 0 radical (unpaired) electrons. The minimum Gasteiger partial charge on any atom is -0.493 e. The van der Waals surface area contributed by atoms with Crippen LogP contribution in [0.3, 0.4) is 0 Å². The lowest BCUT2D eigenvalue weighted by Gasteiger charge is -2.70. The van der Waals surface area contributed by atoms with Crippen LogP contribution in [-0.4, -0.2) is 60.7 Å². The van der Waals surface area contributed by atoms with Gasteiger partial charge in [0.2, 0.25) is 5.89 Å². The lowest BCUT2D eigenvalue weighted by Crippen LogP contribution is -2.78. The van der Waals surface area contributed by atoms with Crippen molar-refractivity contribution >= 4 is 11.7 Å². The standard InChI is InChI=1S/C30H32N4O4/c1-17-7-5-6-8-20(17)31-27-33-32-25(38-27)19-16-28-11-12-30(19,36-4)26-29(28)13-14-34(2)22(28)15-18-9-10-21(35-3)24(37-26)23(18)29/h5-12,19,22,26H,13-16H2,1-4H3,(H,31,33)/t19-,22-,26-,28-,29+,30-/m1/s1. The second-order valence-corrected chi connectivity index (χ2v) is 11.6. The fourth-order valence-electron chi connectivity index (χ4n) is 8.74. The molecule has 8 nitrogen and oxygen atoms in total. The van der Waals surface area contributed by atoms with Crippen LogP contribution in [0.4, 0.5) is 11.7 Å². The molecule has 1 saturated heterocycles. The van der Waals surface area contributed by atoms with Crippen molar-refractivity contribution in [2.45, 2.75) is 55.3 Å². The number of methoxy groups -OCH3 is 2. The molecule has 2 aromatic carbocycles. The average Bonchev–Trinajstić information content (AvgIpc) is 3.55. The molecule has 6 aliphatic rings. The fourth-order valence-corrected chi connectivity index (χ4v) is 8.74. The maximum atomic E-state index is 7.00. The van der Waals surface area contributed by atoms with Gasteiger partial charge in [-0.15, -0.1) is 5.10 Å². The summed E-state index contributed by atoms with van der Waals surface area (Å²) in [7, 11) is 5.77. The highest BCUT2D eigenvalue weighted by Crippen LogP contribution is 2.75. The lowest BCUT2D eigenvalue weighted by atomic mass is 9.37. The Kier molecular flexibility index (Phi) is 4.40. The number of aromatic nitrogens is 2. The Morgan fingerprint density at radius 1 is 1.11 bits per heavy atom. The highest BCUT2D eigenvalue weighted by Gasteiger charge is 2.79. The monoisotopic (exact) mass is 512 g/mol. The normalized spacial score (nSPS) is 35.6. The summed E-state index contributed by atoms with van der Waals surface area (Å²) < 4.78 is 25.7. The molecule has 4 aliphatic carbocycles. The van der Waals surface area contributed by atoms with Gasteiger partial charge >= 0.3 is 6.01 Å². The molecule has 2 spiro atoms. The SMILES string of the molecule is COc1ccc2c3c1O[C@H]1[C@@]4(OC)C=C[C@@]5(C[C@@H]4c4nnc(Nc6ccccc6C)o4)[C@@H](C2)N(C)CC[C@]315. The number of benzene rings is 2. The van der Waals surface area contributed by atoms with E-state index >= 15 is 0 Å². The van der Waals surface area contributed by atoms with Crippen molar-refractivity contribution in [2.24, 2.45) is 5.41 Å². The van der Waals surface area contributed by atoms with Gasteiger partial charge in [-0.2, -0.15) is 0 Å². The van der Waals surface area contributed by atoms with E-state index in [0.29, 0.717) is 17.9 Å². The molecule has 38 heavy (non-hydrogen) atoms. The molecule has 1 saturated carbocycles. The minimum atomic E-state index is -0.743. The number of aryl methyl sites for hydroxylation is 1. The minimum absolute atomic E-state index is 0.141. The van der Waals surface area contributed by atoms with E-state index in [4.69, 9.17) is 18.6 Å². The van der Waals surface area contributed by atoms with Crippen LogP contribution in [0, 0.1) is 12.3 Å². The van der Waals surface area contributed by atoms with Gasteiger partial charge in [0.05, 0.1) is 18.4 Å². The molecule has 4 bridgehead atoms. The van der Waals surface area contributed by atoms with Gasteiger partial charge in [0.1, 0.15) is 11.7 Å². The van der Waals surface area contributed by atoms with Crippen LogP contribution in [0.1, 0.15) is 41.3 Å². The van der Waals surface area contributed by atoms with Crippen molar-refractivity contribution in [3.8, 4) is 11.5 Å². The number of rotatable bonds is 5. The number of likely N-dealkylation sites (tertiary alicyclic amines) is 1. The second kappa shape index (κ2) is 7.39. The third-order valence-electron chi connectivity index (χ3n) is 10.4. The van der Waals surface area contributed by atoms with Crippen molar-refractivity contribution in [1.29, 1.82) is 0 Å². The van der Waals surface area contributed by atoms with Crippen molar-refractivity contribution in [3.05, 3.63) is 71.1 Å². The van der Waals surface area contributed by atoms with Crippen LogP contribution in [0.5, 0.6) is 11.5 Å². The molecular weight excluding hydrogens is 480 g/mol. The zero-order chi connectivity index (χ0) is 25.9. The molecule has 0 amide bonds. The molecule has 9 rings (SSSR count). The Hall–Kier alpha value is -3.36. The van der Waals surface area contributed by atoms with Crippen LogP contribution < -0.4 is 14.8 Å². The molecule has 2 aliphatic heterocycles. The first-order valence-electron chi connectivity index (χ1n) is 13.5. The molecule has 3 aromatic rings. The number of ether oxygens (including phenoxy) is 3. The summed E-state index contributed by atoms with van der Waals surface area (Å²) in [6.07, 6.45) is 7.32. The van der Waals surface area contributed by atoms with Gasteiger partial charge in [-0.3, -0.25) is 0 Å². The van der Waals surface area contributed by atoms with Crippen molar-refractivity contribution in [1.82, 2.24) is 15.1 Å². The van der Waals surface area contributed by atoms with E-state index in [-0.39, 0.29) is 22.9 Å². The first kappa shape index (κ1) is 22.6. The third kappa shape index (κ3) is 2.44. The molecule has 8 heteroatoms. The van der Waals surface area contributed by atoms with Crippen LogP contribution in [0.2, 0.25) is 0 Å². The summed E-state index contributed by atoms with van der Waals surface area (Å²) in [5.41, 5.74) is 3.70. The van der Waals surface area contributed by atoms with Crippen molar-refractivity contribution in [3.63, 3.8) is 0 Å². The maximum absolute atomic E-state index is 7.00. The summed E-state index contributed by atoms with van der Waals surface area (Å²) in [6, 6.07) is 13.1.